The molecule has 0 heterocycles. The van der Waals surface area contributed by atoms with Gasteiger partial charge in [-0.25, -0.2) is 0 Å². The molecule has 21 heavy (non-hydrogen) atoms. The van der Waals surface area contributed by atoms with Gasteiger partial charge >= 0.3 is 0 Å². The maximum Gasteiger partial charge on any atom is 0.0887 e. The first kappa shape index (κ1) is 14.1. The summed E-state index contributed by atoms with van der Waals surface area (Å²) in [6.07, 6.45) is 11.5. The van der Waals surface area contributed by atoms with E-state index in [0.717, 1.165) is 37.0 Å². The van der Waals surface area contributed by atoms with Crippen LogP contribution in [0.2, 0.25) is 0 Å². The van der Waals surface area contributed by atoms with Crippen LogP contribution in [-0.2, 0) is 0 Å². The fourth-order valence-electron chi connectivity index (χ4n) is 6.88. The normalized spacial score (nSPS) is 56.1. The number of fused-ring (bicyclic) bond motifs is 5. The third-order valence-electron chi connectivity index (χ3n) is 8.05. The fourth-order valence-corrected chi connectivity index (χ4v) is 6.88. The summed E-state index contributed by atoms with van der Waals surface area (Å²) in [5, 5.41) is 20.7. The molecule has 4 unspecified atom stereocenters. The molecule has 0 aromatic rings. The van der Waals surface area contributed by atoms with Crippen molar-refractivity contribution in [1.29, 1.82) is 0 Å². The molecule has 3 fully saturated rings. The van der Waals surface area contributed by atoms with Crippen LogP contribution in [-0.4, -0.2) is 16.3 Å². The standard InChI is InChI=1S/C19H30O2/c1-18-7-3-4-14(18)13-11-17(21)16-10-12(20)5-9-19(16,2)15(13)6-8-18/h10,13-17,20-21H,3-9,11H2,1-2H3/t13?,14?,15?,16?,17-,18+,19-/m1/s1. The molecule has 2 nitrogen and oxygen atoms in total. The largest absolute Gasteiger partial charge is 0.513 e. The Labute approximate surface area is 128 Å². The minimum Gasteiger partial charge on any atom is -0.513 e. The third-order valence-corrected chi connectivity index (χ3v) is 8.05. The maximum atomic E-state index is 10.8. The van der Waals surface area contributed by atoms with Gasteiger partial charge in [0, 0.05) is 12.3 Å². The van der Waals surface area contributed by atoms with Gasteiger partial charge in [0.25, 0.3) is 0 Å². The Morgan fingerprint density at radius 2 is 1.90 bits per heavy atom. The zero-order valence-electron chi connectivity index (χ0n) is 13.5. The molecule has 0 aromatic heterocycles. The topological polar surface area (TPSA) is 40.5 Å². The van der Waals surface area contributed by atoms with E-state index in [1.165, 1.54) is 32.1 Å². The Bertz CT molecular complexity index is 470. The van der Waals surface area contributed by atoms with E-state index < -0.39 is 0 Å². The van der Waals surface area contributed by atoms with Gasteiger partial charge in [0.05, 0.1) is 11.9 Å². The summed E-state index contributed by atoms with van der Waals surface area (Å²) in [6.45, 7) is 4.91. The van der Waals surface area contributed by atoms with Gasteiger partial charge in [-0.1, -0.05) is 20.3 Å². The van der Waals surface area contributed by atoms with Crippen LogP contribution in [0.1, 0.15) is 65.2 Å². The number of hydrogen-bond acceptors (Lipinski definition) is 2. The second-order valence-electron chi connectivity index (χ2n) is 8.95. The van der Waals surface area contributed by atoms with E-state index in [2.05, 4.69) is 13.8 Å². The lowest BCUT2D eigenvalue weighted by Crippen LogP contribution is -2.55. The minimum atomic E-state index is -0.248. The van der Waals surface area contributed by atoms with E-state index in [1.54, 1.807) is 0 Å². The Hall–Kier alpha value is -0.500. The highest BCUT2D eigenvalue weighted by molar-refractivity contribution is 5.16. The smallest absolute Gasteiger partial charge is 0.0887 e. The summed E-state index contributed by atoms with van der Waals surface area (Å²) in [4.78, 5) is 0. The zero-order valence-corrected chi connectivity index (χ0v) is 13.5. The Kier molecular flexibility index (Phi) is 3.03. The van der Waals surface area contributed by atoms with Crippen LogP contribution in [0.3, 0.4) is 0 Å². The molecule has 0 bridgehead atoms. The molecule has 0 amide bonds. The summed E-state index contributed by atoms with van der Waals surface area (Å²) < 4.78 is 0. The van der Waals surface area contributed by atoms with Crippen LogP contribution in [0.5, 0.6) is 0 Å². The second-order valence-corrected chi connectivity index (χ2v) is 8.95. The van der Waals surface area contributed by atoms with E-state index in [-0.39, 0.29) is 17.4 Å². The van der Waals surface area contributed by atoms with E-state index in [0.29, 0.717) is 11.2 Å². The van der Waals surface area contributed by atoms with Crippen LogP contribution >= 0.6 is 0 Å². The first-order chi connectivity index (χ1) is 9.94. The van der Waals surface area contributed by atoms with Gasteiger partial charge < -0.3 is 10.2 Å². The lowest BCUT2D eigenvalue weighted by molar-refractivity contribution is -0.132. The molecule has 3 saturated carbocycles. The molecule has 118 valence electrons. The van der Waals surface area contributed by atoms with E-state index in [9.17, 15) is 10.2 Å². The van der Waals surface area contributed by atoms with Crippen molar-refractivity contribution in [2.75, 3.05) is 0 Å². The van der Waals surface area contributed by atoms with Crippen molar-refractivity contribution >= 4 is 0 Å². The van der Waals surface area contributed by atoms with Crippen molar-refractivity contribution in [3.63, 3.8) is 0 Å². The van der Waals surface area contributed by atoms with Gasteiger partial charge in [0.15, 0.2) is 0 Å². The van der Waals surface area contributed by atoms with Gasteiger partial charge in [-0.15, -0.1) is 0 Å². The maximum absolute atomic E-state index is 10.8. The van der Waals surface area contributed by atoms with E-state index in [1.807, 2.05) is 6.08 Å². The SMILES string of the molecule is C[C@@]12CCCC1C1C[C@@H](O)C3C=C(O)CC[C@]3(C)C1CC2. The van der Waals surface area contributed by atoms with Crippen LogP contribution < -0.4 is 0 Å². The minimum absolute atomic E-state index is 0.179. The average molecular weight is 290 g/mol. The molecule has 0 aliphatic heterocycles. The number of rotatable bonds is 0. The van der Waals surface area contributed by atoms with Crippen molar-refractivity contribution in [3.05, 3.63) is 11.8 Å². The molecule has 0 spiro atoms. The highest BCUT2D eigenvalue weighted by Crippen LogP contribution is 2.65. The van der Waals surface area contributed by atoms with Crippen molar-refractivity contribution in [1.82, 2.24) is 0 Å². The Morgan fingerprint density at radius 3 is 2.71 bits per heavy atom. The third kappa shape index (κ3) is 1.87. The molecule has 7 atom stereocenters. The zero-order chi connectivity index (χ0) is 14.8. The summed E-state index contributed by atoms with van der Waals surface area (Å²) in [7, 11) is 0. The number of aliphatic hydroxyl groups is 2. The number of allylic oxidation sites excluding steroid dienone is 1. The molecule has 4 rings (SSSR count). The predicted molar refractivity (Wildman–Crippen MR) is 83.8 cm³/mol. The van der Waals surface area contributed by atoms with Gasteiger partial charge in [0.2, 0.25) is 0 Å². The molecule has 2 N–H and O–H groups in total. The van der Waals surface area contributed by atoms with Crippen molar-refractivity contribution in [2.24, 2.45) is 34.5 Å². The lowest BCUT2D eigenvalue weighted by atomic mass is 9.45. The van der Waals surface area contributed by atoms with E-state index >= 15 is 0 Å². The highest BCUT2D eigenvalue weighted by atomic mass is 16.3. The second kappa shape index (κ2) is 4.50. The van der Waals surface area contributed by atoms with Gasteiger partial charge in [-0.3, -0.25) is 0 Å². The number of hydrogen-bond donors (Lipinski definition) is 2. The summed E-state index contributed by atoms with van der Waals surface area (Å²) in [5.74, 6) is 3.00. The highest BCUT2D eigenvalue weighted by Gasteiger charge is 2.59. The molecule has 4 aliphatic carbocycles. The van der Waals surface area contributed by atoms with Crippen molar-refractivity contribution < 1.29 is 10.2 Å². The predicted octanol–water partition coefficient (Wildman–Crippen LogP) is 4.44. The lowest BCUT2D eigenvalue weighted by Gasteiger charge is -2.60. The molecule has 0 aromatic carbocycles. The quantitative estimate of drug-likeness (QED) is 0.692. The van der Waals surface area contributed by atoms with Gasteiger partial charge in [-0.05, 0) is 73.2 Å². The molecule has 0 radical (unpaired) electrons. The van der Waals surface area contributed by atoms with Crippen LogP contribution in [0.15, 0.2) is 11.8 Å². The monoisotopic (exact) mass is 290 g/mol. The van der Waals surface area contributed by atoms with Crippen molar-refractivity contribution in [3.8, 4) is 0 Å². The van der Waals surface area contributed by atoms with Crippen LogP contribution in [0, 0.1) is 34.5 Å². The molecular formula is C19H30O2. The fraction of sp³-hybridized carbons (Fsp3) is 0.895. The summed E-state index contributed by atoms with van der Waals surface area (Å²) in [6, 6.07) is 0. The molecule has 2 heteroatoms. The summed E-state index contributed by atoms with van der Waals surface area (Å²) in [5.41, 5.74) is 0.759. The first-order valence-corrected chi connectivity index (χ1v) is 9.02. The number of aliphatic hydroxyl groups excluding tert-OH is 2. The summed E-state index contributed by atoms with van der Waals surface area (Å²) >= 11 is 0. The van der Waals surface area contributed by atoms with Gasteiger partial charge in [-0.2, -0.15) is 0 Å². The van der Waals surface area contributed by atoms with Crippen molar-refractivity contribution in [2.45, 2.75) is 71.3 Å². The van der Waals surface area contributed by atoms with Crippen LogP contribution in [0.25, 0.3) is 0 Å². The van der Waals surface area contributed by atoms with E-state index in [4.69, 9.17) is 0 Å². The molecule has 0 saturated heterocycles. The average Bonchev–Trinajstić information content (AvgIpc) is 2.83. The van der Waals surface area contributed by atoms with Crippen LogP contribution in [0.4, 0.5) is 0 Å². The molecule has 4 aliphatic rings. The Balaban J connectivity index is 1.70. The molecular weight excluding hydrogens is 260 g/mol. The first-order valence-electron chi connectivity index (χ1n) is 9.02. The van der Waals surface area contributed by atoms with Gasteiger partial charge in [0.1, 0.15) is 0 Å². The Morgan fingerprint density at radius 1 is 1.10 bits per heavy atom.